The van der Waals surface area contributed by atoms with Crippen LogP contribution in [0.3, 0.4) is 0 Å². The maximum atomic E-state index is 10.4. The lowest BCUT2D eigenvalue weighted by Crippen LogP contribution is -2.15. The zero-order chi connectivity index (χ0) is 7.40. The van der Waals surface area contributed by atoms with Gasteiger partial charge in [0.1, 0.15) is 5.71 Å². The Balaban J connectivity index is 2.54. The molecule has 0 aliphatic carbocycles. The summed E-state index contributed by atoms with van der Waals surface area (Å²) in [6.45, 7) is 0.675. The molecule has 1 aliphatic rings. The SMILES string of the molecule is O=C(O)C1=NCCCSC1. The average Bonchev–Trinajstić information content (AvgIpc) is 2.12. The molecule has 0 saturated carbocycles. The molecule has 0 fully saturated rings. The highest BCUT2D eigenvalue weighted by Crippen LogP contribution is 2.07. The van der Waals surface area contributed by atoms with E-state index >= 15 is 0 Å². The molecule has 0 aromatic carbocycles. The Labute approximate surface area is 63.5 Å². The lowest BCUT2D eigenvalue weighted by atomic mass is 10.4. The first kappa shape index (κ1) is 7.60. The lowest BCUT2D eigenvalue weighted by Gasteiger charge is -1.93. The van der Waals surface area contributed by atoms with Gasteiger partial charge in [-0.3, -0.25) is 4.99 Å². The van der Waals surface area contributed by atoms with Crippen LogP contribution in [0.5, 0.6) is 0 Å². The van der Waals surface area contributed by atoms with Gasteiger partial charge in [0, 0.05) is 12.3 Å². The van der Waals surface area contributed by atoms with Gasteiger partial charge in [-0.25, -0.2) is 4.79 Å². The average molecular weight is 159 g/mol. The third-order valence-corrected chi connectivity index (χ3v) is 2.29. The van der Waals surface area contributed by atoms with Crippen LogP contribution in [0.25, 0.3) is 0 Å². The van der Waals surface area contributed by atoms with Crippen molar-refractivity contribution >= 4 is 23.4 Å². The molecule has 1 heterocycles. The van der Waals surface area contributed by atoms with Crippen LogP contribution < -0.4 is 0 Å². The van der Waals surface area contributed by atoms with Crippen LogP contribution >= 0.6 is 11.8 Å². The number of hydrogen-bond acceptors (Lipinski definition) is 3. The van der Waals surface area contributed by atoms with E-state index in [0.29, 0.717) is 18.0 Å². The van der Waals surface area contributed by atoms with E-state index < -0.39 is 5.97 Å². The Morgan fingerprint density at radius 2 is 2.50 bits per heavy atom. The second kappa shape index (κ2) is 3.61. The van der Waals surface area contributed by atoms with Crippen molar-refractivity contribution in [2.45, 2.75) is 6.42 Å². The van der Waals surface area contributed by atoms with Crippen molar-refractivity contribution in [3.05, 3.63) is 0 Å². The molecule has 0 radical (unpaired) electrons. The summed E-state index contributed by atoms with van der Waals surface area (Å²) < 4.78 is 0. The van der Waals surface area contributed by atoms with Crippen LogP contribution in [0, 0.1) is 0 Å². The highest BCUT2D eigenvalue weighted by molar-refractivity contribution is 8.00. The summed E-state index contributed by atoms with van der Waals surface area (Å²) in [5.41, 5.74) is 0.322. The van der Waals surface area contributed by atoms with Gasteiger partial charge in [-0.05, 0) is 12.2 Å². The van der Waals surface area contributed by atoms with E-state index in [9.17, 15) is 4.79 Å². The Morgan fingerprint density at radius 3 is 3.20 bits per heavy atom. The molecule has 1 aliphatic heterocycles. The summed E-state index contributed by atoms with van der Waals surface area (Å²) in [6, 6.07) is 0. The molecular weight excluding hydrogens is 150 g/mol. The maximum Gasteiger partial charge on any atom is 0.350 e. The molecule has 0 saturated heterocycles. The van der Waals surface area contributed by atoms with E-state index in [1.165, 1.54) is 0 Å². The first-order valence-corrected chi connectivity index (χ1v) is 4.30. The Hall–Kier alpha value is -0.510. The summed E-state index contributed by atoms with van der Waals surface area (Å²) in [5, 5.41) is 8.52. The minimum Gasteiger partial charge on any atom is -0.477 e. The molecule has 0 atom stereocenters. The number of carbonyl (C=O) groups is 1. The molecule has 0 aromatic rings. The van der Waals surface area contributed by atoms with Crippen LogP contribution in [-0.4, -0.2) is 34.8 Å². The highest BCUT2D eigenvalue weighted by atomic mass is 32.2. The Morgan fingerprint density at radius 1 is 1.70 bits per heavy atom. The van der Waals surface area contributed by atoms with Gasteiger partial charge in [0.2, 0.25) is 0 Å². The fraction of sp³-hybridized carbons (Fsp3) is 0.667. The third kappa shape index (κ3) is 2.02. The van der Waals surface area contributed by atoms with Crippen LogP contribution in [-0.2, 0) is 4.79 Å². The fourth-order valence-corrected chi connectivity index (χ4v) is 1.61. The van der Waals surface area contributed by atoms with E-state index in [1.54, 1.807) is 11.8 Å². The van der Waals surface area contributed by atoms with E-state index in [4.69, 9.17) is 5.11 Å². The van der Waals surface area contributed by atoms with Crippen LogP contribution in [0.2, 0.25) is 0 Å². The van der Waals surface area contributed by atoms with Crippen molar-refractivity contribution in [1.82, 2.24) is 0 Å². The van der Waals surface area contributed by atoms with Crippen molar-refractivity contribution in [2.24, 2.45) is 4.99 Å². The zero-order valence-corrected chi connectivity index (χ0v) is 6.36. The zero-order valence-electron chi connectivity index (χ0n) is 5.54. The van der Waals surface area contributed by atoms with Gasteiger partial charge < -0.3 is 5.11 Å². The number of aliphatic imine (C=N–C) groups is 1. The van der Waals surface area contributed by atoms with Crippen molar-refractivity contribution in [2.75, 3.05) is 18.1 Å². The molecule has 0 bridgehead atoms. The molecule has 1 rings (SSSR count). The summed E-state index contributed by atoms with van der Waals surface area (Å²) in [5.74, 6) is 0.727. The lowest BCUT2D eigenvalue weighted by molar-refractivity contribution is -0.129. The topological polar surface area (TPSA) is 49.7 Å². The van der Waals surface area contributed by atoms with Gasteiger partial charge in [-0.2, -0.15) is 11.8 Å². The van der Waals surface area contributed by atoms with Gasteiger partial charge in [-0.15, -0.1) is 0 Å². The first-order valence-electron chi connectivity index (χ1n) is 3.15. The maximum absolute atomic E-state index is 10.4. The molecule has 0 spiro atoms. The van der Waals surface area contributed by atoms with Crippen LogP contribution in [0.15, 0.2) is 4.99 Å². The van der Waals surface area contributed by atoms with Crippen LogP contribution in [0.1, 0.15) is 6.42 Å². The predicted molar refractivity (Wildman–Crippen MR) is 41.9 cm³/mol. The minimum atomic E-state index is -0.866. The quantitative estimate of drug-likeness (QED) is 0.611. The molecule has 0 unspecified atom stereocenters. The second-order valence-electron chi connectivity index (χ2n) is 2.04. The number of aliphatic carboxylic acids is 1. The van der Waals surface area contributed by atoms with Crippen molar-refractivity contribution in [3.63, 3.8) is 0 Å². The Bertz CT molecular complexity index is 167. The van der Waals surface area contributed by atoms with Crippen LogP contribution in [0.4, 0.5) is 0 Å². The van der Waals surface area contributed by atoms with E-state index in [1.807, 2.05) is 0 Å². The monoisotopic (exact) mass is 159 g/mol. The third-order valence-electron chi connectivity index (χ3n) is 1.24. The molecular formula is C6H9NO2S. The molecule has 10 heavy (non-hydrogen) atoms. The van der Waals surface area contributed by atoms with Crippen molar-refractivity contribution < 1.29 is 9.90 Å². The smallest absolute Gasteiger partial charge is 0.350 e. The number of nitrogens with zero attached hydrogens (tertiary/aromatic N) is 1. The van der Waals surface area contributed by atoms with Crippen molar-refractivity contribution in [1.29, 1.82) is 0 Å². The normalized spacial score (nSPS) is 19.4. The van der Waals surface area contributed by atoms with Gasteiger partial charge in [0.25, 0.3) is 0 Å². The number of hydrogen-bond donors (Lipinski definition) is 1. The number of thioether (sulfide) groups is 1. The Kier molecular flexibility index (Phi) is 2.74. The van der Waals surface area contributed by atoms with E-state index in [-0.39, 0.29) is 0 Å². The van der Waals surface area contributed by atoms with Crippen molar-refractivity contribution in [3.8, 4) is 0 Å². The molecule has 56 valence electrons. The molecule has 1 N–H and O–H groups in total. The summed E-state index contributed by atoms with van der Waals surface area (Å²) in [6.07, 6.45) is 1.00. The van der Waals surface area contributed by atoms with E-state index in [2.05, 4.69) is 4.99 Å². The first-order chi connectivity index (χ1) is 4.80. The predicted octanol–water partition coefficient (Wildman–Crippen LogP) is 0.649. The number of rotatable bonds is 1. The van der Waals surface area contributed by atoms with Gasteiger partial charge in [0.05, 0.1) is 0 Å². The molecule has 4 heteroatoms. The van der Waals surface area contributed by atoms with Gasteiger partial charge in [0.15, 0.2) is 0 Å². The summed E-state index contributed by atoms with van der Waals surface area (Å²) >= 11 is 1.64. The highest BCUT2D eigenvalue weighted by Gasteiger charge is 2.10. The fourth-order valence-electron chi connectivity index (χ4n) is 0.724. The second-order valence-corrected chi connectivity index (χ2v) is 3.14. The number of carboxylic acids is 1. The minimum absolute atomic E-state index is 0.322. The van der Waals surface area contributed by atoms with Gasteiger partial charge in [-0.1, -0.05) is 0 Å². The molecule has 0 aromatic heterocycles. The van der Waals surface area contributed by atoms with E-state index in [0.717, 1.165) is 12.2 Å². The summed E-state index contributed by atoms with van der Waals surface area (Å²) in [4.78, 5) is 14.3. The van der Waals surface area contributed by atoms with Gasteiger partial charge >= 0.3 is 5.97 Å². The largest absolute Gasteiger partial charge is 0.477 e. The molecule has 0 amide bonds. The standard InChI is InChI=1S/C6H9NO2S/c8-6(9)5-4-10-3-1-2-7-5/h1-4H2,(H,8,9). The summed E-state index contributed by atoms with van der Waals surface area (Å²) in [7, 11) is 0. The molecule has 3 nitrogen and oxygen atoms in total. The number of carboxylic acid groups (broad SMARTS) is 1.